The van der Waals surface area contributed by atoms with Gasteiger partial charge in [-0.15, -0.1) is 0 Å². The Morgan fingerprint density at radius 2 is 1.86 bits per heavy atom. The summed E-state index contributed by atoms with van der Waals surface area (Å²) in [4.78, 5) is 12.6. The Morgan fingerprint density at radius 3 is 2.55 bits per heavy atom. The molecule has 0 unspecified atom stereocenters. The quantitative estimate of drug-likeness (QED) is 0.683. The first-order chi connectivity index (χ1) is 14.1. The van der Waals surface area contributed by atoms with E-state index in [2.05, 4.69) is 10.4 Å². The van der Waals surface area contributed by atoms with Gasteiger partial charge in [-0.1, -0.05) is 23.7 Å². The van der Waals surface area contributed by atoms with E-state index in [1.165, 1.54) is 0 Å². The second kappa shape index (κ2) is 7.67. The monoisotopic (exact) mass is 413 g/mol. The van der Waals surface area contributed by atoms with Crippen molar-refractivity contribution in [2.24, 2.45) is 0 Å². The molecule has 8 heteroatoms. The maximum absolute atomic E-state index is 12.6. The van der Waals surface area contributed by atoms with E-state index < -0.39 is 0 Å². The lowest BCUT2D eigenvalue weighted by Crippen LogP contribution is -2.25. The molecule has 0 fully saturated rings. The number of carbonyl (C=O) groups is 1. The zero-order chi connectivity index (χ0) is 20.5. The number of hydrogen-bond acceptors (Lipinski definition) is 5. The fourth-order valence-electron chi connectivity index (χ4n) is 3.70. The summed E-state index contributed by atoms with van der Waals surface area (Å²) >= 11 is 6.13. The molecule has 1 N–H and O–H groups in total. The van der Waals surface area contributed by atoms with Crippen LogP contribution in [0, 0.1) is 0 Å². The maximum Gasteiger partial charge on any atom is 0.226 e. The standard InChI is InChI=1S/C21H20ClN3O4/c1-27-17-8-7-14(19(28-2)20(17)29-3)15-10-18(26)24-21-16(15)11-23-25(21)13-6-4-5-12(22)9-13/h4-9,11,15H,10H2,1-3H3,(H,24,26)/t15-/m1/s1. The lowest BCUT2D eigenvalue weighted by molar-refractivity contribution is -0.116. The summed E-state index contributed by atoms with van der Waals surface area (Å²) in [6.45, 7) is 0. The van der Waals surface area contributed by atoms with Gasteiger partial charge in [0, 0.05) is 28.5 Å². The molecule has 1 aliphatic heterocycles. The van der Waals surface area contributed by atoms with Gasteiger partial charge in [-0.3, -0.25) is 4.79 Å². The van der Waals surface area contributed by atoms with Gasteiger partial charge in [0.25, 0.3) is 0 Å². The van der Waals surface area contributed by atoms with Crippen LogP contribution in [0.3, 0.4) is 0 Å². The summed E-state index contributed by atoms with van der Waals surface area (Å²) in [5, 5.41) is 8.02. The van der Waals surface area contributed by atoms with Gasteiger partial charge in [-0.2, -0.15) is 5.10 Å². The van der Waals surface area contributed by atoms with E-state index in [1.807, 2.05) is 24.3 Å². The molecule has 7 nitrogen and oxygen atoms in total. The van der Waals surface area contributed by atoms with Crippen molar-refractivity contribution in [3.8, 4) is 22.9 Å². The molecule has 29 heavy (non-hydrogen) atoms. The van der Waals surface area contributed by atoms with Crippen molar-refractivity contribution in [1.82, 2.24) is 9.78 Å². The Kier molecular flexibility index (Phi) is 5.07. The van der Waals surface area contributed by atoms with E-state index in [0.717, 1.165) is 16.8 Å². The zero-order valence-corrected chi connectivity index (χ0v) is 17.0. The number of benzene rings is 2. The smallest absolute Gasteiger partial charge is 0.226 e. The highest BCUT2D eigenvalue weighted by Gasteiger charge is 2.33. The van der Waals surface area contributed by atoms with Gasteiger partial charge >= 0.3 is 0 Å². The Bertz CT molecular complexity index is 1080. The van der Waals surface area contributed by atoms with Gasteiger partial charge in [0.1, 0.15) is 5.82 Å². The Morgan fingerprint density at radius 1 is 1.07 bits per heavy atom. The van der Waals surface area contributed by atoms with Crippen molar-refractivity contribution in [3.63, 3.8) is 0 Å². The normalized spacial score (nSPS) is 15.4. The second-order valence-corrected chi connectivity index (χ2v) is 7.01. The van der Waals surface area contributed by atoms with Crippen LogP contribution in [-0.4, -0.2) is 37.0 Å². The fraction of sp³-hybridized carbons (Fsp3) is 0.238. The molecule has 4 rings (SSSR count). The molecule has 3 aromatic rings. The highest BCUT2D eigenvalue weighted by molar-refractivity contribution is 6.30. The van der Waals surface area contributed by atoms with E-state index in [0.29, 0.717) is 28.1 Å². The molecule has 2 heterocycles. The van der Waals surface area contributed by atoms with E-state index in [9.17, 15) is 4.79 Å². The Labute approximate surface area is 173 Å². The van der Waals surface area contributed by atoms with Crippen LogP contribution in [0.1, 0.15) is 23.5 Å². The number of rotatable bonds is 5. The van der Waals surface area contributed by atoms with Crippen molar-refractivity contribution in [2.45, 2.75) is 12.3 Å². The number of nitrogens with one attached hydrogen (secondary N) is 1. The summed E-state index contributed by atoms with van der Waals surface area (Å²) in [6.07, 6.45) is 2.02. The maximum atomic E-state index is 12.6. The van der Waals surface area contributed by atoms with Crippen LogP contribution in [0.5, 0.6) is 17.2 Å². The van der Waals surface area contributed by atoms with E-state index in [1.54, 1.807) is 44.3 Å². The first-order valence-corrected chi connectivity index (χ1v) is 9.37. The molecule has 0 saturated carbocycles. The minimum atomic E-state index is -0.249. The molecule has 0 bridgehead atoms. The number of carbonyl (C=O) groups excluding carboxylic acids is 1. The van der Waals surface area contributed by atoms with Crippen molar-refractivity contribution >= 4 is 23.3 Å². The van der Waals surface area contributed by atoms with Crippen LogP contribution in [-0.2, 0) is 4.79 Å². The van der Waals surface area contributed by atoms with Gasteiger partial charge in [0.15, 0.2) is 11.5 Å². The molecule has 1 aromatic heterocycles. The van der Waals surface area contributed by atoms with Crippen molar-refractivity contribution < 1.29 is 19.0 Å². The van der Waals surface area contributed by atoms with Crippen LogP contribution in [0.25, 0.3) is 5.69 Å². The van der Waals surface area contributed by atoms with Crippen LogP contribution in [0.4, 0.5) is 5.82 Å². The minimum Gasteiger partial charge on any atom is -0.493 e. The third-order valence-corrected chi connectivity index (χ3v) is 5.22. The molecule has 1 atom stereocenters. The molecule has 150 valence electrons. The molecule has 0 radical (unpaired) electrons. The second-order valence-electron chi connectivity index (χ2n) is 6.57. The van der Waals surface area contributed by atoms with E-state index in [4.69, 9.17) is 25.8 Å². The average Bonchev–Trinajstić information content (AvgIpc) is 3.15. The first kappa shape index (κ1) is 19.1. The minimum absolute atomic E-state index is 0.108. The van der Waals surface area contributed by atoms with Crippen LogP contribution in [0.2, 0.25) is 5.02 Å². The highest BCUT2D eigenvalue weighted by Crippen LogP contribution is 2.47. The van der Waals surface area contributed by atoms with E-state index in [-0.39, 0.29) is 18.2 Å². The molecule has 2 aromatic carbocycles. The van der Waals surface area contributed by atoms with Gasteiger partial charge < -0.3 is 19.5 Å². The van der Waals surface area contributed by atoms with Crippen LogP contribution >= 0.6 is 11.6 Å². The molecule has 1 amide bonds. The van der Waals surface area contributed by atoms with Gasteiger partial charge in [-0.25, -0.2) is 4.68 Å². The predicted octanol–water partition coefficient (Wildman–Crippen LogP) is 4.03. The summed E-state index contributed by atoms with van der Waals surface area (Å²) in [5.41, 5.74) is 2.47. The van der Waals surface area contributed by atoms with Gasteiger partial charge in [0.2, 0.25) is 11.7 Å². The number of hydrogen-bond donors (Lipinski definition) is 1. The number of nitrogens with zero attached hydrogens (tertiary/aromatic N) is 2. The van der Waals surface area contributed by atoms with E-state index >= 15 is 0 Å². The number of amides is 1. The fourth-order valence-corrected chi connectivity index (χ4v) is 3.88. The van der Waals surface area contributed by atoms with Crippen LogP contribution < -0.4 is 19.5 Å². The third kappa shape index (κ3) is 3.27. The molecule has 0 spiro atoms. The highest BCUT2D eigenvalue weighted by atomic mass is 35.5. The van der Waals surface area contributed by atoms with Crippen molar-refractivity contribution in [2.75, 3.05) is 26.6 Å². The van der Waals surface area contributed by atoms with Crippen molar-refractivity contribution in [3.05, 3.63) is 58.7 Å². The summed E-state index contributed by atoms with van der Waals surface area (Å²) < 4.78 is 18.2. The average molecular weight is 414 g/mol. The number of ether oxygens (including phenoxy) is 3. The largest absolute Gasteiger partial charge is 0.493 e. The number of anilines is 1. The molecule has 1 aliphatic rings. The number of fused-ring (bicyclic) bond motifs is 1. The van der Waals surface area contributed by atoms with Gasteiger partial charge in [0.05, 0.1) is 33.2 Å². The Balaban J connectivity index is 1.86. The summed E-state index contributed by atoms with van der Waals surface area (Å²) in [6, 6.07) is 11.0. The lowest BCUT2D eigenvalue weighted by Gasteiger charge is -2.26. The predicted molar refractivity (Wildman–Crippen MR) is 110 cm³/mol. The van der Waals surface area contributed by atoms with Crippen molar-refractivity contribution in [1.29, 1.82) is 0 Å². The summed E-state index contributed by atoms with van der Waals surface area (Å²) in [7, 11) is 4.69. The summed E-state index contributed by atoms with van der Waals surface area (Å²) in [5.74, 6) is 1.84. The number of aromatic nitrogens is 2. The third-order valence-electron chi connectivity index (χ3n) is 4.98. The topological polar surface area (TPSA) is 74.6 Å². The molecule has 0 saturated heterocycles. The number of methoxy groups -OCH3 is 3. The lowest BCUT2D eigenvalue weighted by atomic mass is 9.86. The Hall–Kier alpha value is -3.19. The SMILES string of the molecule is COc1ccc([C@H]2CC(=O)Nc3c2cnn3-c2cccc(Cl)c2)c(OC)c1OC. The van der Waals surface area contributed by atoms with Gasteiger partial charge in [-0.05, 0) is 24.3 Å². The zero-order valence-electron chi connectivity index (χ0n) is 16.2. The number of halogens is 1. The molecular weight excluding hydrogens is 394 g/mol. The van der Waals surface area contributed by atoms with Crippen LogP contribution in [0.15, 0.2) is 42.6 Å². The molecular formula is C21H20ClN3O4. The first-order valence-electron chi connectivity index (χ1n) is 9.00. The molecule has 0 aliphatic carbocycles.